The molecule has 8 nitrogen and oxygen atoms in total. The third-order valence-electron chi connectivity index (χ3n) is 5.74. The minimum Gasteiger partial charge on any atom is -0.475 e. The van der Waals surface area contributed by atoms with Gasteiger partial charge in [-0.3, -0.25) is 14.4 Å². The van der Waals surface area contributed by atoms with Crippen LogP contribution in [0.2, 0.25) is 0 Å². The summed E-state index contributed by atoms with van der Waals surface area (Å²) in [4.78, 5) is 23.4. The summed E-state index contributed by atoms with van der Waals surface area (Å²) in [5.74, 6) is -0.390. The standard InChI is InChI=1S/C18H24N4O2.C2HF3O2/c1-13-3-4-15(24-13)12-22-7-5-18(6-8-22)16(9-17(23)20-18)14-10-19-21(2)11-14;3-2(4,5)1(6)7/h3-4,10-11,16H,5-9,12H2,1-2H3,(H,20,23);(H,6,7). The quantitative estimate of drug-likeness (QED) is 0.758. The molecule has 4 heterocycles. The van der Waals surface area contributed by atoms with Crippen LogP contribution in [0.1, 0.15) is 42.3 Å². The van der Waals surface area contributed by atoms with E-state index in [4.69, 9.17) is 14.3 Å². The van der Waals surface area contributed by atoms with Crippen LogP contribution < -0.4 is 5.32 Å². The number of carbonyl (C=O) groups excluding carboxylic acids is 1. The van der Waals surface area contributed by atoms with Gasteiger partial charge in [0.05, 0.1) is 12.7 Å². The van der Waals surface area contributed by atoms with Gasteiger partial charge in [-0.2, -0.15) is 18.3 Å². The lowest BCUT2D eigenvalue weighted by molar-refractivity contribution is -0.192. The van der Waals surface area contributed by atoms with E-state index in [9.17, 15) is 18.0 Å². The Kier molecular flexibility index (Phi) is 6.44. The molecule has 4 rings (SSSR count). The molecule has 2 saturated heterocycles. The Balaban J connectivity index is 0.000000339. The number of piperidine rings is 1. The van der Waals surface area contributed by atoms with Crippen molar-refractivity contribution in [3.05, 3.63) is 41.6 Å². The molecule has 0 bridgehead atoms. The van der Waals surface area contributed by atoms with Crippen LogP contribution in [0.4, 0.5) is 13.2 Å². The second kappa shape index (κ2) is 8.74. The topological polar surface area (TPSA) is 101 Å². The second-order valence-corrected chi connectivity index (χ2v) is 8.00. The van der Waals surface area contributed by atoms with E-state index in [-0.39, 0.29) is 17.4 Å². The number of amides is 1. The van der Waals surface area contributed by atoms with E-state index in [1.807, 2.05) is 37.1 Å². The number of hydrogen-bond acceptors (Lipinski definition) is 5. The number of carbonyl (C=O) groups is 2. The maximum atomic E-state index is 12.1. The van der Waals surface area contributed by atoms with Gasteiger partial charge < -0.3 is 14.8 Å². The number of halogens is 3. The van der Waals surface area contributed by atoms with Gasteiger partial charge in [-0.25, -0.2) is 4.79 Å². The molecular weight excluding hydrogens is 417 g/mol. The molecule has 0 radical (unpaired) electrons. The van der Waals surface area contributed by atoms with Gasteiger partial charge in [0.2, 0.25) is 5.91 Å². The smallest absolute Gasteiger partial charge is 0.475 e. The van der Waals surface area contributed by atoms with Gasteiger partial charge in [0.1, 0.15) is 11.5 Å². The number of nitrogens with zero attached hydrogens (tertiary/aromatic N) is 3. The van der Waals surface area contributed by atoms with Crippen LogP contribution in [-0.4, -0.2) is 56.5 Å². The number of rotatable bonds is 3. The van der Waals surface area contributed by atoms with Gasteiger partial charge in [0.15, 0.2) is 0 Å². The minimum atomic E-state index is -5.08. The maximum Gasteiger partial charge on any atom is 0.490 e. The molecule has 11 heteroatoms. The highest BCUT2D eigenvalue weighted by Crippen LogP contribution is 2.43. The number of hydrogen-bond donors (Lipinski definition) is 2. The van der Waals surface area contributed by atoms with Crippen molar-refractivity contribution in [3.63, 3.8) is 0 Å². The first-order chi connectivity index (χ1) is 14.5. The zero-order valence-corrected chi connectivity index (χ0v) is 17.3. The molecule has 1 atom stereocenters. The average molecular weight is 442 g/mol. The normalized spacial score (nSPS) is 20.9. The number of aryl methyl sites for hydroxylation is 2. The molecule has 2 fully saturated rings. The fraction of sp³-hybridized carbons (Fsp3) is 0.550. The lowest BCUT2D eigenvalue weighted by Crippen LogP contribution is -2.53. The van der Waals surface area contributed by atoms with Gasteiger partial charge in [0.25, 0.3) is 0 Å². The largest absolute Gasteiger partial charge is 0.490 e. The van der Waals surface area contributed by atoms with Crippen LogP contribution in [0.25, 0.3) is 0 Å². The van der Waals surface area contributed by atoms with Gasteiger partial charge >= 0.3 is 12.1 Å². The lowest BCUT2D eigenvalue weighted by atomic mass is 9.75. The molecule has 2 aliphatic heterocycles. The van der Waals surface area contributed by atoms with Crippen molar-refractivity contribution in [3.8, 4) is 0 Å². The molecule has 31 heavy (non-hydrogen) atoms. The Morgan fingerprint density at radius 3 is 2.48 bits per heavy atom. The van der Waals surface area contributed by atoms with Gasteiger partial charge in [-0.1, -0.05) is 0 Å². The fourth-order valence-electron chi connectivity index (χ4n) is 4.23. The number of carboxylic acids is 1. The Labute approximate surface area is 177 Å². The number of carboxylic acid groups (broad SMARTS) is 1. The molecule has 0 aromatic carbocycles. The fourth-order valence-corrected chi connectivity index (χ4v) is 4.23. The van der Waals surface area contributed by atoms with Crippen molar-refractivity contribution in [2.75, 3.05) is 13.1 Å². The number of aliphatic carboxylic acids is 1. The van der Waals surface area contributed by atoms with E-state index in [1.165, 1.54) is 5.56 Å². The predicted octanol–water partition coefficient (Wildman–Crippen LogP) is 2.59. The maximum absolute atomic E-state index is 12.1. The summed E-state index contributed by atoms with van der Waals surface area (Å²) in [6.45, 7) is 4.75. The molecule has 0 aliphatic carbocycles. The van der Waals surface area contributed by atoms with Gasteiger partial charge in [-0.15, -0.1) is 0 Å². The van der Waals surface area contributed by atoms with Crippen LogP contribution in [0.5, 0.6) is 0 Å². The number of alkyl halides is 3. The molecule has 1 amide bonds. The summed E-state index contributed by atoms with van der Waals surface area (Å²) >= 11 is 0. The van der Waals surface area contributed by atoms with Crippen molar-refractivity contribution >= 4 is 11.9 Å². The molecule has 2 aliphatic rings. The van der Waals surface area contributed by atoms with Gasteiger partial charge in [-0.05, 0) is 37.5 Å². The number of nitrogens with one attached hydrogen (secondary N) is 1. The van der Waals surface area contributed by atoms with E-state index < -0.39 is 12.1 Å². The SMILES string of the molecule is Cc1ccc(CN2CCC3(CC2)NC(=O)CC3c2cnn(C)c2)o1.O=C(O)C(F)(F)F. The van der Waals surface area contributed by atoms with Crippen molar-refractivity contribution in [1.82, 2.24) is 20.0 Å². The third-order valence-corrected chi connectivity index (χ3v) is 5.74. The van der Waals surface area contributed by atoms with Crippen LogP contribution in [0.15, 0.2) is 28.9 Å². The van der Waals surface area contributed by atoms with Crippen LogP contribution in [-0.2, 0) is 23.2 Å². The number of aromatic nitrogens is 2. The lowest BCUT2D eigenvalue weighted by Gasteiger charge is -2.42. The van der Waals surface area contributed by atoms with Crippen LogP contribution in [0, 0.1) is 6.92 Å². The Hall–Kier alpha value is -2.82. The number of likely N-dealkylation sites (tertiary alicyclic amines) is 1. The van der Waals surface area contributed by atoms with Gasteiger partial charge in [0, 0.05) is 44.2 Å². The second-order valence-electron chi connectivity index (χ2n) is 8.00. The summed E-state index contributed by atoms with van der Waals surface area (Å²) in [5, 5.41) is 14.7. The first kappa shape index (κ1) is 22.9. The molecule has 2 aromatic rings. The summed E-state index contributed by atoms with van der Waals surface area (Å²) in [6, 6.07) is 4.06. The Morgan fingerprint density at radius 2 is 2.00 bits per heavy atom. The van der Waals surface area contributed by atoms with Crippen molar-refractivity contribution in [2.24, 2.45) is 7.05 Å². The van der Waals surface area contributed by atoms with Crippen molar-refractivity contribution < 1.29 is 32.3 Å². The highest BCUT2D eigenvalue weighted by Gasteiger charge is 2.49. The zero-order valence-electron chi connectivity index (χ0n) is 17.3. The van der Waals surface area contributed by atoms with Crippen molar-refractivity contribution in [1.29, 1.82) is 0 Å². The van der Waals surface area contributed by atoms with E-state index in [1.54, 1.807) is 0 Å². The average Bonchev–Trinajstić information content (AvgIpc) is 3.36. The molecular formula is C20H25F3N4O4. The predicted molar refractivity (Wildman–Crippen MR) is 103 cm³/mol. The molecule has 2 N–H and O–H groups in total. The summed E-state index contributed by atoms with van der Waals surface area (Å²) in [5.41, 5.74) is 1.06. The molecule has 2 aromatic heterocycles. The molecule has 0 saturated carbocycles. The van der Waals surface area contributed by atoms with Crippen molar-refractivity contribution in [2.45, 2.75) is 50.4 Å². The number of furan rings is 1. The monoisotopic (exact) mass is 442 g/mol. The van der Waals surface area contributed by atoms with Crippen LogP contribution >= 0.6 is 0 Å². The van der Waals surface area contributed by atoms with E-state index in [0.29, 0.717) is 6.42 Å². The van der Waals surface area contributed by atoms with E-state index in [2.05, 4.69) is 21.4 Å². The first-order valence-electron chi connectivity index (χ1n) is 9.86. The third kappa shape index (κ3) is 5.46. The highest BCUT2D eigenvalue weighted by atomic mass is 19.4. The zero-order chi connectivity index (χ0) is 22.8. The van der Waals surface area contributed by atoms with E-state index in [0.717, 1.165) is 44.0 Å². The molecule has 170 valence electrons. The Bertz CT molecular complexity index is 929. The van der Waals surface area contributed by atoms with Crippen LogP contribution in [0.3, 0.4) is 0 Å². The van der Waals surface area contributed by atoms with E-state index >= 15 is 0 Å². The first-order valence-corrected chi connectivity index (χ1v) is 9.86. The Morgan fingerprint density at radius 1 is 1.35 bits per heavy atom. The minimum absolute atomic E-state index is 0.115. The molecule has 1 unspecified atom stereocenters. The summed E-state index contributed by atoms with van der Waals surface area (Å²) in [7, 11) is 1.92. The molecule has 1 spiro atoms. The highest BCUT2D eigenvalue weighted by molar-refractivity contribution is 5.81. The summed E-state index contributed by atoms with van der Waals surface area (Å²) in [6.07, 6.45) is 1.38. The summed E-state index contributed by atoms with van der Waals surface area (Å²) < 4.78 is 39.2.